The van der Waals surface area contributed by atoms with E-state index >= 15 is 0 Å². The fourth-order valence-corrected chi connectivity index (χ4v) is 6.26. The molecule has 308 valence electrons. The number of phosphoric ester groups is 1. The van der Waals surface area contributed by atoms with Crippen molar-refractivity contribution in [2.45, 2.75) is 206 Å². The maximum atomic E-state index is 12.4. The lowest BCUT2D eigenvalue weighted by atomic mass is 10.0. The van der Waals surface area contributed by atoms with Crippen molar-refractivity contribution in [1.82, 2.24) is 0 Å². The maximum Gasteiger partial charge on any atom is 0.469 e. The number of esters is 2. The van der Waals surface area contributed by atoms with Crippen molar-refractivity contribution in [1.29, 1.82) is 0 Å². The zero-order chi connectivity index (χ0) is 38.9. The van der Waals surface area contributed by atoms with E-state index in [0.29, 0.717) is 12.8 Å². The topological polar surface area (TPSA) is 119 Å². The highest BCUT2D eigenvalue weighted by molar-refractivity contribution is 7.46. The lowest BCUT2D eigenvalue weighted by molar-refractivity contribution is -0.161. The minimum Gasteiger partial charge on any atom is -0.462 e. The predicted molar refractivity (Wildman–Crippen MR) is 221 cm³/mol. The second-order valence-electron chi connectivity index (χ2n) is 14.3. The largest absolute Gasteiger partial charge is 0.469 e. The van der Waals surface area contributed by atoms with Gasteiger partial charge < -0.3 is 19.3 Å². The highest BCUT2D eigenvalue weighted by atomic mass is 31.2. The van der Waals surface area contributed by atoms with Crippen LogP contribution in [0.5, 0.6) is 0 Å². The van der Waals surface area contributed by atoms with Crippen molar-refractivity contribution >= 4 is 19.8 Å². The average Bonchev–Trinajstić information content (AvgIpc) is 3.13. The molecule has 0 rings (SSSR count). The zero-order valence-corrected chi connectivity index (χ0v) is 34.8. The summed E-state index contributed by atoms with van der Waals surface area (Å²) >= 11 is 0. The highest BCUT2D eigenvalue weighted by Gasteiger charge is 2.22. The van der Waals surface area contributed by atoms with Crippen LogP contribution in [0.25, 0.3) is 0 Å². The van der Waals surface area contributed by atoms with Gasteiger partial charge in [-0.1, -0.05) is 184 Å². The number of carbonyl (C=O) groups excluding carboxylic acids is 2. The molecular weight excluding hydrogens is 687 g/mol. The summed E-state index contributed by atoms with van der Waals surface area (Å²) in [6, 6.07) is 0. The molecule has 0 saturated heterocycles. The Labute approximate surface area is 324 Å². The Kier molecular flexibility index (Phi) is 38.2. The third kappa shape index (κ3) is 42.6. The number of unbranched alkanes of at least 4 members (excludes halogenated alkanes) is 21. The Morgan fingerprint density at radius 2 is 0.868 bits per heavy atom. The molecule has 53 heavy (non-hydrogen) atoms. The van der Waals surface area contributed by atoms with Crippen molar-refractivity contribution in [2.75, 3.05) is 13.2 Å². The number of rotatable bonds is 39. The summed E-state index contributed by atoms with van der Waals surface area (Å²) < 4.78 is 26.3. The molecule has 2 N–H and O–H groups in total. The van der Waals surface area contributed by atoms with Gasteiger partial charge in [0.2, 0.25) is 0 Å². The number of hydrogen-bond donors (Lipinski definition) is 2. The lowest BCUT2D eigenvalue weighted by Crippen LogP contribution is -2.29. The third-order valence-electron chi connectivity index (χ3n) is 9.10. The smallest absolute Gasteiger partial charge is 0.462 e. The molecule has 0 aromatic rings. The first-order valence-corrected chi connectivity index (χ1v) is 23.0. The molecule has 0 aliphatic carbocycles. The molecule has 0 aliphatic rings. The van der Waals surface area contributed by atoms with Gasteiger partial charge >= 0.3 is 19.8 Å². The van der Waals surface area contributed by atoms with Crippen LogP contribution in [0, 0.1) is 0 Å². The van der Waals surface area contributed by atoms with E-state index in [1.54, 1.807) is 0 Å². The van der Waals surface area contributed by atoms with E-state index < -0.39 is 32.5 Å². The van der Waals surface area contributed by atoms with Crippen LogP contribution >= 0.6 is 7.82 Å². The van der Waals surface area contributed by atoms with Crippen molar-refractivity contribution in [3.63, 3.8) is 0 Å². The number of hydrogen-bond acceptors (Lipinski definition) is 6. The van der Waals surface area contributed by atoms with Crippen LogP contribution in [-0.4, -0.2) is 41.0 Å². The number of phosphoric acid groups is 1. The van der Waals surface area contributed by atoms with E-state index in [0.717, 1.165) is 38.5 Å². The summed E-state index contributed by atoms with van der Waals surface area (Å²) in [5, 5.41) is 0. The third-order valence-corrected chi connectivity index (χ3v) is 9.59. The molecule has 0 amide bonds. The van der Waals surface area contributed by atoms with Crippen LogP contribution in [0.1, 0.15) is 200 Å². The van der Waals surface area contributed by atoms with E-state index in [1.807, 2.05) is 6.08 Å². The summed E-state index contributed by atoms with van der Waals surface area (Å²) in [5.74, 6) is -0.945. The van der Waals surface area contributed by atoms with Crippen LogP contribution in [0.2, 0.25) is 0 Å². The van der Waals surface area contributed by atoms with Gasteiger partial charge in [-0.25, -0.2) is 4.57 Å². The Morgan fingerprint density at radius 1 is 0.491 bits per heavy atom. The molecule has 0 heterocycles. The first-order valence-electron chi connectivity index (χ1n) is 21.4. The average molecular weight is 767 g/mol. The van der Waals surface area contributed by atoms with E-state index in [-0.39, 0.29) is 19.4 Å². The number of carbonyl (C=O) groups is 2. The molecule has 0 spiro atoms. The van der Waals surface area contributed by atoms with Gasteiger partial charge in [0.1, 0.15) is 6.61 Å². The summed E-state index contributed by atoms with van der Waals surface area (Å²) in [4.78, 5) is 42.8. The molecule has 0 radical (unpaired) electrons. The first-order chi connectivity index (χ1) is 25.8. The Balaban J connectivity index is 3.98. The van der Waals surface area contributed by atoms with Gasteiger partial charge in [0.05, 0.1) is 6.61 Å². The van der Waals surface area contributed by atoms with Gasteiger partial charge in [-0.2, -0.15) is 0 Å². The fourth-order valence-electron chi connectivity index (χ4n) is 5.90. The summed E-state index contributed by atoms with van der Waals surface area (Å²) in [7, 11) is -4.77. The molecule has 0 saturated carbocycles. The molecule has 0 aromatic carbocycles. The maximum absolute atomic E-state index is 12.4. The second-order valence-corrected chi connectivity index (χ2v) is 15.6. The van der Waals surface area contributed by atoms with Gasteiger partial charge in [-0.3, -0.25) is 14.1 Å². The van der Waals surface area contributed by atoms with Gasteiger partial charge in [0.15, 0.2) is 6.10 Å². The molecule has 0 aliphatic heterocycles. The summed E-state index contributed by atoms with van der Waals surface area (Å²) in [5.41, 5.74) is 0. The van der Waals surface area contributed by atoms with E-state index in [2.05, 4.69) is 60.9 Å². The number of allylic oxidation sites excluding steroid dienone is 8. The number of ether oxygens (including phenoxy) is 2. The van der Waals surface area contributed by atoms with Gasteiger partial charge in [-0.15, -0.1) is 0 Å². The quantitative estimate of drug-likeness (QED) is 0.0275. The van der Waals surface area contributed by atoms with Crippen molar-refractivity contribution in [3.8, 4) is 0 Å². The Bertz CT molecular complexity index is 999. The molecular formula is C44H79O8P. The highest BCUT2D eigenvalue weighted by Crippen LogP contribution is 2.36. The van der Waals surface area contributed by atoms with Crippen LogP contribution in [0.3, 0.4) is 0 Å². The minimum atomic E-state index is -4.77. The molecule has 0 bridgehead atoms. The molecule has 9 heteroatoms. The van der Waals surface area contributed by atoms with Crippen molar-refractivity contribution < 1.29 is 37.9 Å². The normalized spacial score (nSPS) is 12.9. The molecule has 0 fully saturated rings. The zero-order valence-electron chi connectivity index (χ0n) is 33.9. The van der Waals surface area contributed by atoms with Crippen LogP contribution in [0.4, 0.5) is 0 Å². The van der Waals surface area contributed by atoms with Gasteiger partial charge in [0, 0.05) is 12.8 Å². The second kappa shape index (κ2) is 39.7. The standard InChI is InChI=1S/C44H79O8P/c1-3-5-7-9-11-13-15-17-19-21-23-24-26-28-30-32-34-36-38-43(45)50-40-42(41-51-53(47,48)49)52-44(46)39-37-35-33-31-29-27-25-22-20-18-16-14-12-10-8-6-4-2/h12,14,18,20,25,27,31,33,42H,3-11,13,15-17,19,21-24,26,28-30,32,34-41H2,1-2H3,(H2,47,48,49)/b14-12+,20-18+,27-25+,33-31+/t42-/m1/s1. The van der Waals surface area contributed by atoms with Crippen molar-refractivity contribution in [3.05, 3.63) is 48.6 Å². The van der Waals surface area contributed by atoms with Gasteiger partial charge in [0.25, 0.3) is 0 Å². The van der Waals surface area contributed by atoms with Crippen LogP contribution in [0.15, 0.2) is 48.6 Å². The monoisotopic (exact) mass is 767 g/mol. The Morgan fingerprint density at radius 3 is 1.32 bits per heavy atom. The van der Waals surface area contributed by atoms with Crippen LogP contribution in [-0.2, 0) is 28.2 Å². The SMILES string of the molecule is CCCCC/C=C/C/C=C/C/C=C/C/C=C/CCCC(=O)O[C@H](COC(=O)CCCCCCCCCCCCCCCCCCCC)COP(=O)(O)O. The minimum absolute atomic E-state index is 0.137. The summed E-state index contributed by atoms with van der Waals surface area (Å²) in [6.07, 6.45) is 48.4. The fraction of sp³-hybridized carbons (Fsp3) is 0.773. The van der Waals surface area contributed by atoms with Crippen molar-refractivity contribution in [2.24, 2.45) is 0 Å². The predicted octanol–water partition coefficient (Wildman–Crippen LogP) is 13.1. The van der Waals surface area contributed by atoms with Gasteiger partial charge in [-0.05, 0) is 51.4 Å². The summed E-state index contributed by atoms with van der Waals surface area (Å²) in [6.45, 7) is 3.63. The Hall–Kier alpha value is -1.99. The van der Waals surface area contributed by atoms with E-state index in [1.165, 1.54) is 122 Å². The molecule has 8 nitrogen and oxygen atoms in total. The molecule has 0 unspecified atom stereocenters. The molecule has 1 atom stereocenters. The lowest BCUT2D eigenvalue weighted by Gasteiger charge is -2.18. The van der Waals surface area contributed by atoms with E-state index in [4.69, 9.17) is 19.3 Å². The van der Waals surface area contributed by atoms with Crippen LogP contribution < -0.4 is 0 Å². The first kappa shape index (κ1) is 51.0. The van der Waals surface area contributed by atoms with E-state index in [9.17, 15) is 14.2 Å². The molecule has 0 aromatic heterocycles.